The SMILES string of the molecule is COC[C@@H](O)[C@]1(O)CC[C@]2(O)[C@@H]3CC=C4C[C@@H](O)CC[C@]4(C)[C@H]3CC[C@]12C. The van der Waals surface area contributed by atoms with Crippen molar-refractivity contribution in [3.8, 4) is 0 Å². The summed E-state index contributed by atoms with van der Waals surface area (Å²) in [4.78, 5) is 0. The Labute approximate surface area is 162 Å². The van der Waals surface area contributed by atoms with Gasteiger partial charge in [-0.15, -0.1) is 0 Å². The van der Waals surface area contributed by atoms with E-state index in [-0.39, 0.29) is 24.0 Å². The molecule has 0 spiro atoms. The van der Waals surface area contributed by atoms with Gasteiger partial charge in [0.05, 0.1) is 18.3 Å². The maximum Gasteiger partial charge on any atom is 0.107 e. The van der Waals surface area contributed by atoms with Crippen molar-refractivity contribution in [3.05, 3.63) is 11.6 Å². The van der Waals surface area contributed by atoms with Gasteiger partial charge in [0.2, 0.25) is 0 Å². The summed E-state index contributed by atoms with van der Waals surface area (Å²) in [6.07, 6.45) is 6.93. The van der Waals surface area contributed by atoms with Gasteiger partial charge < -0.3 is 25.2 Å². The van der Waals surface area contributed by atoms with E-state index in [2.05, 4.69) is 13.0 Å². The number of hydrogen-bond acceptors (Lipinski definition) is 5. The first-order valence-corrected chi connectivity index (χ1v) is 10.6. The molecule has 5 heteroatoms. The van der Waals surface area contributed by atoms with Crippen LogP contribution >= 0.6 is 0 Å². The Bertz CT molecular complexity index is 634. The van der Waals surface area contributed by atoms with E-state index in [1.165, 1.54) is 12.7 Å². The van der Waals surface area contributed by atoms with Crippen LogP contribution in [0, 0.1) is 22.7 Å². The second kappa shape index (κ2) is 6.27. The zero-order valence-electron chi connectivity index (χ0n) is 16.9. The summed E-state index contributed by atoms with van der Waals surface area (Å²) in [7, 11) is 1.53. The van der Waals surface area contributed by atoms with Crippen molar-refractivity contribution >= 4 is 0 Å². The molecule has 3 fully saturated rings. The zero-order chi connectivity index (χ0) is 19.7. The average molecular weight is 381 g/mol. The van der Waals surface area contributed by atoms with Crippen LogP contribution in [0.1, 0.15) is 65.2 Å². The van der Waals surface area contributed by atoms with Crippen molar-refractivity contribution in [2.45, 2.75) is 88.6 Å². The Hall–Kier alpha value is -0.460. The Morgan fingerprint density at radius 3 is 2.56 bits per heavy atom. The molecule has 0 aromatic rings. The van der Waals surface area contributed by atoms with Crippen molar-refractivity contribution in [1.29, 1.82) is 0 Å². The van der Waals surface area contributed by atoms with E-state index in [1.54, 1.807) is 0 Å². The van der Waals surface area contributed by atoms with Crippen LogP contribution in [-0.4, -0.2) is 57.6 Å². The first-order chi connectivity index (χ1) is 12.6. The Balaban J connectivity index is 1.70. The molecule has 0 aromatic carbocycles. The van der Waals surface area contributed by atoms with Gasteiger partial charge in [0.15, 0.2) is 0 Å². The highest BCUT2D eigenvalue weighted by Crippen LogP contribution is 2.69. The van der Waals surface area contributed by atoms with E-state index in [9.17, 15) is 20.4 Å². The van der Waals surface area contributed by atoms with Gasteiger partial charge in [-0.1, -0.05) is 25.5 Å². The van der Waals surface area contributed by atoms with Crippen LogP contribution in [0.5, 0.6) is 0 Å². The summed E-state index contributed by atoms with van der Waals surface area (Å²) >= 11 is 0. The fourth-order valence-electron chi connectivity index (χ4n) is 7.49. The highest BCUT2D eigenvalue weighted by Gasteiger charge is 2.72. The minimum atomic E-state index is -1.32. The van der Waals surface area contributed by atoms with Crippen LogP contribution in [0.3, 0.4) is 0 Å². The molecule has 5 nitrogen and oxygen atoms in total. The highest BCUT2D eigenvalue weighted by atomic mass is 16.5. The number of ether oxygens (including phenoxy) is 1. The number of aliphatic hydroxyl groups excluding tert-OH is 2. The molecule has 27 heavy (non-hydrogen) atoms. The normalized spacial score (nSPS) is 53.1. The first-order valence-electron chi connectivity index (χ1n) is 10.6. The van der Waals surface area contributed by atoms with Gasteiger partial charge in [0.1, 0.15) is 11.7 Å². The molecule has 3 saturated carbocycles. The van der Waals surface area contributed by atoms with Crippen LogP contribution in [-0.2, 0) is 4.74 Å². The molecule has 0 saturated heterocycles. The summed E-state index contributed by atoms with van der Waals surface area (Å²) in [5, 5.41) is 44.3. The monoisotopic (exact) mass is 380 g/mol. The van der Waals surface area contributed by atoms with E-state index < -0.39 is 22.7 Å². The van der Waals surface area contributed by atoms with Gasteiger partial charge in [-0.3, -0.25) is 0 Å². The lowest BCUT2D eigenvalue weighted by Gasteiger charge is -2.62. The van der Waals surface area contributed by atoms with Gasteiger partial charge in [-0.05, 0) is 68.6 Å². The smallest absolute Gasteiger partial charge is 0.107 e. The second-order valence-corrected chi connectivity index (χ2v) is 10.2. The molecule has 0 aromatic heterocycles. The summed E-state index contributed by atoms with van der Waals surface area (Å²) in [5.41, 5.74) is -1.65. The maximum atomic E-state index is 12.0. The highest BCUT2D eigenvalue weighted by molar-refractivity contribution is 5.30. The number of allylic oxidation sites excluding steroid dienone is 1. The van der Waals surface area contributed by atoms with E-state index >= 15 is 0 Å². The molecule has 0 heterocycles. The van der Waals surface area contributed by atoms with Crippen LogP contribution in [0.15, 0.2) is 11.6 Å². The number of fused-ring (bicyclic) bond motifs is 5. The minimum absolute atomic E-state index is 0.0328. The molecule has 4 rings (SSSR count). The number of hydrogen-bond donors (Lipinski definition) is 4. The Morgan fingerprint density at radius 2 is 1.85 bits per heavy atom. The van der Waals surface area contributed by atoms with Crippen LogP contribution < -0.4 is 0 Å². The molecular weight excluding hydrogens is 344 g/mol. The number of aliphatic hydroxyl groups is 4. The molecule has 0 amide bonds. The predicted molar refractivity (Wildman–Crippen MR) is 102 cm³/mol. The molecule has 0 bridgehead atoms. The lowest BCUT2D eigenvalue weighted by Crippen LogP contribution is -2.66. The van der Waals surface area contributed by atoms with Gasteiger partial charge in [-0.25, -0.2) is 0 Å². The van der Waals surface area contributed by atoms with Gasteiger partial charge in [0, 0.05) is 12.5 Å². The predicted octanol–water partition coefficient (Wildman–Crippen LogP) is 2.16. The fourth-order valence-corrected chi connectivity index (χ4v) is 7.49. The lowest BCUT2D eigenvalue weighted by molar-refractivity contribution is -0.241. The molecule has 154 valence electrons. The molecule has 0 aliphatic heterocycles. The lowest BCUT2D eigenvalue weighted by atomic mass is 9.45. The van der Waals surface area contributed by atoms with E-state index in [0.717, 1.165) is 32.1 Å². The molecule has 0 unspecified atom stereocenters. The van der Waals surface area contributed by atoms with Gasteiger partial charge in [-0.2, -0.15) is 0 Å². The van der Waals surface area contributed by atoms with Crippen molar-refractivity contribution in [3.63, 3.8) is 0 Å². The first kappa shape index (κ1) is 19.8. The fraction of sp³-hybridized carbons (Fsp3) is 0.909. The van der Waals surface area contributed by atoms with Gasteiger partial charge in [0.25, 0.3) is 0 Å². The quantitative estimate of drug-likeness (QED) is 0.564. The maximum absolute atomic E-state index is 12.0. The molecule has 8 atom stereocenters. The molecule has 4 aliphatic rings. The van der Waals surface area contributed by atoms with Crippen molar-refractivity contribution in [1.82, 2.24) is 0 Å². The van der Waals surface area contributed by atoms with Gasteiger partial charge >= 0.3 is 0 Å². The summed E-state index contributed by atoms with van der Waals surface area (Å²) in [6.45, 7) is 4.37. The third kappa shape index (κ3) is 2.42. The molecular formula is C22H36O5. The molecule has 0 radical (unpaired) electrons. The minimum Gasteiger partial charge on any atom is -0.393 e. The van der Waals surface area contributed by atoms with E-state index in [1.807, 2.05) is 6.92 Å². The largest absolute Gasteiger partial charge is 0.393 e. The van der Waals surface area contributed by atoms with Crippen molar-refractivity contribution in [2.24, 2.45) is 22.7 Å². The third-order valence-electron chi connectivity index (χ3n) is 9.35. The average Bonchev–Trinajstić information content (AvgIpc) is 2.85. The van der Waals surface area contributed by atoms with E-state index in [4.69, 9.17) is 4.74 Å². The number of methoxy groups -OCH3 is 1. The summed E-state index contributed by atoms with van der Waals surface area (Å²) in [5.74, 6) is 0.453. The standard InChI is InChI=1S/C22H36O5/c1-19-8-6-15(23)12-14(19)4-5-17-16(19)7-9-20(2)21(17,25)10-11-22(20,26)18(24)13-27-3/h4,15-18,23-26H,5-13H2,1-3H3/t15-,16-,17+,18+,19-,20-,21-,22+/m0/s1. The second-order valence-electron chi connectivity index (χ2n) is 10.2. The van der Waals surface area contributed by atoms with Crippen molar-refractivity contribution < 1.29 is 25.2 Å². The van der Waals surface area contributed by atoms with Crippen molar-refractivity contribution in [2.75, 3.05) is 13.7 Å². The van der Waals surface area contributed by atoms with Crippen LogP contribution in [0.4, 0.5) is 0 Å². The summed E-state index contributed by atoms with van der Waals surface area (Å²) < 4.78 is 5.12. The zero-order valence-corrected chi connectivity index (χ0v) is 16.9. The Morgan fingerprint density at radius 1 is 1.11 bits per heavy atom. The topological polar surface area (TPSA) is 90.2 Å². The third-order valence-corrected chi connectivity index (χ3v) is 9.35. The van der Waals surface area contributed by atoms with E-state index in [0.29, 0.717) is 25.2 Å². The summed E-state index contributed by atoms with van der Waals surface area (Å²) in [6, 6.07) is 0. The molecule has 4 aliphatic carbocycles. The van der Waals surface area contributed by atoms with Crippen LogP contribution in [0.2, 0.25) is 0 Å². The van der Waals surface area contributed by atoms with Crippen LogP contribution in [0.25, 0.3) is 0 Å². The Kier molecular flexibility index (Phi) is 4.60. The molecule has 4 N–H and O–H groups in total. The number of rotatable bonds is 3.